The fraction of sp³-hybridized carbons (Fsp3) is 0.471. The van der Waals surface area contributed by atoms with Gasteiger partial charge in [0.05, 0.1) is 11.2 Å². The van der Waals surface area contributed by atoms with E-state index in [0.29, 0.717) is 5.41 Å². The number of thiophene rings is 1. The lowest BCUT2D eigenvalue weighted by atomic mass is 9.48. The van der Waals surface area contributed by atoms with Crippen LogP contribution in [0.2, 0.25) is 0 Å². The molecular formula is C34H38BNO2S. The lowest BCUT2D eigenvalue weighted by Gasteiger charge is -2.57. The first kappa shape index (κ1) is 24.5. The maximum Gasteiger partial charge on any atom is 0.497 e. The molecule has 0 amide bonds. The van der Waals surface area contributed by atoms with Crippen molar-refractivity contribution in [3.05, 3.63) is 66.2 Å². The molecule has 0 spiro atoms. The maximum atomic E-state index is 6.56. The molecule has 3 aromatic carbocycles. The Morgan fingerprint density at radius 2 is 1.36 bits per heavy atom. The van der Waals surface area contributed by atoms with Gasteiger partial charge in [-0.3, -0.25) is 0 Å². The monoisotopic (exact) mass is 535 g/mol. The van der Waals surface area contributed by atoms with Crippen molar-refractivity contribution in [2.45, 2.75) is 82.8 Å². The second-order valence-electron chi connectivity index (χ2n) is 14.0. The minimum absolute atomic E-state index is 0.389. The zero-order valence-electron chi connectivity index (χ0n) is 23.6. The molecule has 200 valence electrons. The smallest absolute Gasteiger partial charge is 0.399 e. The average molecular weight is 536 g/mol. The normalized spacial score (nSPS) is 30.5. The van der Waals surface area contributed by atoms with Crippen molar-refractivity contribution in [1.82, 2.24) is 0 Å². The molecule has 4 bridgehead atoms. The van der Waals surface area contributed by atoms with Crippen LogP contribution in [0.4, 0.5) is 11.4 Å². The van der Waals surface area contributed by atoms with Crippen molar-refractivity contribution < 1.29 is 9.31 Å². The summed E-state index contributed by atoms with van der Waals surface area (Å²) in [4.78, 5) is 0. The van der Waals surface area contributed by atoms with Gasteiger partial charge in [0, 0.05) is 37.0 Å². The number of anilines is 2. The van der Waals surface area contributed by atoms with Gasteiger partial charge in [0.2, 0.25) is 0 Å². The Balaban J connectivity index is 1.16. The maximum absolute atomic E-state index is 6.56. The molecule has 3 nitrogen and oxygen atoms in total. The Hall–Kier alpha value is -2.34. The van der Waals surface area contributed by atoms with Crippen LogP contribution in [0.25, 0.3) is 20.2 Å². The van der Waals surface area contributed by atoms with Crippen molar-refractivity contribution >= 4 is 55.5 Å². The number of benzene rings is 3. The molecule has 1 saturated heterocycles. The Kier molecular flexibility index (Phi) is 5.23. The fourth-order valence-corrected chi connectivity index (χ4v) is 9.72. The van der Waals surface area contributed by atoms with Gasteiger partial charge in [0.15, 0.2) is 0 Å². The van der Waals surface area contributed by atoms with Gasteiger partial charge < -0.3 is 14.6 Å². The van der Waals surface area contributed by atoms with Gasteiger partial charge in [0.25, 0.3) is 0 Å². The van der Waals surface area contributed by atoms with Crippen LogP contribution < -0.4 is 10.8 Å². The van der Waals surface area contributed by atoms with E-state index in [1.807, 2.05) is 11.3 Å². The van der Waals surface area contributed by atoms with Crippen molar-refractivity contribution in [2.75, 3.05) is 5.32 Å². The summed E-state index contributed by atoms with van der Waals surface area (Å²) in [5, 5.41) is 6.35. The molecule has 39 heavy (non-hydrogen) atoms. The van der Waals surface area contributed by atoms with Gasteiger partial charge in [-0.2, -0.15) is 0 Å². The van der Waals surface area contributed by atoms with E-state index in [2.05, 4.69) is 93.7 Å². The Bertz CT molecular complexity index is 1540. The Morgan fingerprint density at radius 1 is 0.744 bits per heavy atom. The molecule has 0 unspecified atom stereocenters. The first-order chi connectivity index (χ1) is 18.7. The quantitative estimate of drug-likeness (QED) is 0.266. The van der Waals surface area contributed by atoms with E-state index in [1.165, 1.54) is 58.7 Å². The van der Waals surface area contributed by atoms with Gasteiger partial charge >= 0.3 is 7.12 Å². The molecule has 2 heterocycles. The molecule has 4 aliphatic carbocycles. The lowest BCUT2D eigenvalue weighted by molar-refractivity contribution is -0.00518. The molecule has 5 aliphatic rings. The zero-order valence-corrected chi connectivity index (χ0v) is 24.4. The third-order valence-corrected chi connectivity index (χ3v) is 12.0. The SMILES string of the molecule is CC1(C)OB(c2cc3c(cc2Nc2ccc(C45CC6CC(CC(C6)C4)C5)cc2)sc2ccccc23)OC1(C)C. The van der Waals surface area contributed by atoms with E-state index in [9.17, 15) is 0 Å². The highest BCUT2D eigenvalue weighted by Crippen LogP contribution is 2.60. The van der Waals surface area contributed by atoms with Crippen LogP contribution in [0.3, 0.4) is 0 Å². The van der Waals surface area contributed by atoms with Crippen molar-refractivity contribution in [3.63, 3.8) is 0 Å². The topological polar surface area (TPSA) is 30.5 Å². The Labute approximate surface area is 236 Å². The number of hydrogen-bond acceptors (Lipinski definition) is 4. The summed E-state index contributed by atoms with van der Waals surface area (Å²) < 4.78 is 15.7. The van der Waals surface area contributed by atoms with Gasteiger partial charge in [-0.25, -0.2) is 0 Å². The van der Waals surface area contributed by atoms with Gasteiger partial charge in [-0.05, 0) is 119 Å². The van der Waals surface area contributed by atoms with Crippen LogP contribution in [-0.2, 0) is 14.7 Å². The predicted molar refractivity (Wildman–Crippen MR) is 165 cm³/mol. The highest BCUT2D eigenvalue weighted by molar-refractivity contribution is 7.25. The number of nitrogens with one attached hydrogen (secondary N) is 1. The van der Waals surface area contributed by atoms with Gasteiger partial charge in [-0.15, -0.1) is 11.3 Å². The summed E-state index contributed by atoms with van der Waals surface area (Å²) in [6.45, 7) is 8.51. The first-order valence-electron chi connectivity index (χ1n) is 14.9. The molecular weight excluding hydrogens is 497 g/mol. The largest absolute Gasteiger partial charge is 0.497 e. The van der Waals surface area contributed by atoms with Crippen LogP contribution in [0.1, 0.15) is 71.8 Å². The molecule has 4 aromatic rings. The summed E-state index contributed by atoms with van der Waals surface area (Å²) in [6.07, 6.45) is 8.67. The van der Waals surface area contributed by atoms with Crippen LogP contribution in [0.15, 0.2) is 60.7 Å². The molecule has 0 atom stereocenters. The fourth-order valence-electron chi connectivity index (χ4n) is 8.59. The van der Waals surface area contributed by atoms with E-state index in [1.54, 1.807) is 5.56 Å². The predicted octanol–water partition coefficient (Wildman–Crippen LogP) is 8.57. The summed E-state index contributed by atoms with van der Waals surface area (Å²) in [6, 6.07) is 22.7. The number of hydrogen-bond donors (Lipinski definition) is 1. The minimum Gasteiger partial charge on any atom is -0.399 e. The molecule has 1 aromatic heterocycles. The first-order valence-corrected chi connectivity index (χ1v) is 15.7. The van der Waals surface area contributed by atoms with Crippen LogP contribution >= 0.6 is 11.3 Å². The van der Waals surface area contributed by atoms with Crippen LogP contribution in [0.5, 0.6) is 0 Å². The van der Waals surface area contributed by atoms with E-state index < -0.39 is 7.12 Å². The van der Waals surface area contributed by atoms with E-state index >= 15 is 0 Å². The van der Waals surface area contributed by atoms with E-state index in [4.69, 9.17) is 9.31 Å². The van der Waals surface area contributed by atoms with Crippen LogP contribution in [-0.4, -0.2) is 18.3 Å². The van der Waals surface area contributed by atoms with Crippen molar-refractivity contribution in [3.8, 4) is 0 Å². The minimum atomic E-state index is -0.424. The molecule has 1 aliphatic heterocycles. The summed E-state index contributed by atoms with van der Waals surface area (Å²) in [7, 11) is -0.424. The highest BCUT2D eigenvalue weighted by Gasteiger charge is 2.53. The molecule has 9 rings (SSSR count). The molecule has 5 fully saturated rings. The third kappa shape index (κ3) is 3.83. The molecule has 1 N–H and O–H groups in total. The highest BCUT2D eigenvalue weighted by atomic mass is 32.1. The standard InChI is InChI=1S/C34H38BNO2S/c1-32(2)33(3,4)38-35(37-32)28-16-27-26-7-5-6-8-30(26)39-31(27)17-29(28)36-25-11-9-24(10-12-25)34-18-21-13-22(19-34)15-23(14-21)20-34/h5-12,16-17,21-23,36H,13-15,18-20H2,1-4H3. The van der Waals surface area contributed by atoms with Gasteiger partial charge in [0.1, 0.15) is 0 Å². The molecule has 0 radical (unpaired) electrons. The molecule has 5 heteroatoms. The number of rotatable bonds is 4. The zero-order chi connectivity index (χ0) is 26.6. The summed E-state index contributed by atoms with van der Waals surface area (Å²) >= 11 is 1.85. The van der Waals surface area contributed by atoms with Crippen LogP contribution in [0, 0.1) is 17.8 Å². The second-order valence-corrected chi connectivity index (χ2v) is 15.1. The third-order valence-electron chi connectivity index (χ3n) is 10.9. The van der Waals surface area contributed by atoms with Gasteiger partial charge in [-0.1, -0.05) is 36.4 Å². The summed E-state index contributed by atoms with van der Waals surface area (Å²) in [5.41, 5.74) is 4.47. The summed E-state index contributed by atoms with van der Waals surface area (Å²) in [5.74, 6) is 2.89. The number of fused-ring (bicyclic) bond motifs is 3. The molecule has 4 saturated carbocycles. The Morgan fingerprint density at radius 3 is 2.00 bits per heavy atom. The van der Waals surface area contributed by atoms with E-state index in [0.717, 1.165) is 34.6 Å². The average Bonchev–Trinajstić information content (AvgIpc) is 3.35. The van der Waals surface area contributed by atoms with Crippen molar-refractivity contribution in [2.24, 2.45) is 17.8 Å². The van der Waals surface area contributed by atoms with E-state index in [-0.39, 0.29) is 11.2 Å². The second kappa shape index (κ2) is 8.34. The van der Waals surface area contributed by atoms with Crippen molar-refractivity contribution in [1.29, 1.82) is 0 Å². The lowest BCUT2D eigenvalue weighted by Crippen LogP contribution is -2.48.